The molecule has 1 aromatic carbocycles. The molecule has 2 aliphatic rings. The Balaban J connectivity index is 1.41. The molecule has 0 spiro atoms. The van der Waals surface area contributed by atoms with Gasteiger partial charge in [-0.25, -0.2) is 0 Å². The lowest BCUT2D eigenvalue weighted by atomic mass is 10.1. The number of hydrogen-bond acceptors (Lipinski definition) is 4. The van der Waals surface area contributed by atoms with E-state index >= 15 is 0 Å². The van der Waals surface area contributed by atoms with E-state index in [-0.39, 0.29) is 12.0 Å². The van der Waals surface area contributed by atoms with Crippen molar-refractivity contribution in [2.45, 2.75) is 31.9 Å². The number of benzene rings is 1. The molecule has 6 nitrogen and oxygen atoms in total. The molecule has 1 N–H and O–H groups in total. The zero-order chi connectivity index (χ0) is 15.6. The molecule has 4 rings (SSSR count). The number of anilines is 1. The van der Waals surface area contributed by atoms with E-state index in [1.54, 1.807) is 12.3 Å². The summed E-state index contributed by atoms with van der Waals surface area (Å²) in [4.78, 5) is 12.4. The van der Waals surface area contributed by atoms with Gasteiger partial charge >= 0.3 is 0 Å². The minimum atomic E-state index is -0.128. The third kappa shape index (κ3) is 3.07. The molecule has 2 aliphatic heterocycles. The molecule has 1 unspecified atom stereocenters. The second kappa shape index (κ2) is 6.04. The zero-order valence-electron chi connectivity index (χ0n) is 12.8. The summed E-state index contributed by atoms with van der Waals surface area (Å²) in [5.74, 6) is 0.752. The molecule has 0 aliphatic carbocycles. The van der Waals surface area contributed by atoms with E-state index in [1.807, 2.05) is 23.0 Å². The van der Waals surface area contributed by atoms with Crippen LogP contribution in [0.3, 0.4) is 0 Å². The number of ether oxygens (including phenoxy) is 2. The third-order valence-electron chi connectivity index (χ3n) is 4.26. The van der Waals surface area contributed by atoms with Gasteiger partial charge in [-0.3, -0.25) is 9.48 Å². The molecule has 3 heterocycles. The van der Waals surface area contributed by atoms with Gasteiger partial charge < -0.3 is 14.8 Å². The van der Waals surface area contributed by atoms with Crippen molar-refractivity contribution in [1.29, 1.82) is 0 Å². The monoisotopic (exact) mass is 313 g/mol. The molecular weight excluding hydrogens is 294 g/mol. The second-order valence-electron chi connectivity index (χ2n) is 5.96. The summed E-state index contributed by atoms with van der Waals surface area (Å²) in [6.07, 6.45) is 6.78. The number of nitrogens with zero attached hydrogens (tertiary/aromatic N) is 2. The molecule has 1 fully saturated rings. The molecule has 120 valence electrons. The molecular formula is C17H19N3O3. The van der Waals surface area contributed by atoms with Gasteiger partial charge in [-0.1, -0.05) is 0 Å². The first-order valence-electron chi connectivity index (χ1n) is 7.99. The van der Waals surface area contributed by atoms with Crippen molar-refractivity contribution in [1.82, 2.24) is 9.78 Å². The highest BCUT2D eigenvalue weighted by atomic mass is 16.5. The van der Waals surface area contributed by atoms with E-state index in [1.165, 1.54) is 0 Å². The van der Waals surface area contributed by atoms with Crippen molar-refractivity contribution in [3.05, 3.63) is 41.7 Å². The number of carbonyl (C=O) groups excluding carboxylic acids is 1. The molecule has 0 saturated carbocycles. The minimum Gasteiger partial charge on any atom is -0.493 e. The standard InChI is InChI=1S/C17H19N3O3/c21-17(13-3-4-16-12(8-13)5-7-23-16)19-14-9-18-20(10-14)11-15-2-1-6-22-15/h3-4,8-10,15H,1-2,5-7,11H2,(H,19,21). The van der Waals surface area contributed by atoms with Crippen LogP contribution < -0.4 is 10.1 Å². The first-order chi connectivity index (χ1) is 11.3. The van der Waals surface area contributed by atoms with Gasteiger partial charge in [0.25, 0.3) is 5.91 Å². The molecule has 1 atom stereocenters. The number of nitrogens with one attached hydrogen (secondary N) is 1. The number of hydrogen-bond donors (Lipinski definition) is 1. The number of aromatic nitrogens is 2. The lowest BCUT2D eigenvalue weighted by Crippen LogP contribution is -2.15. The maximum atomic E-state index is 12.4. The predicted octanol–water partition coefficient (Wildman–Crippen LogP) is 2.25. The molecule has 23 heavy (non-hydrogen) atoms. The maximum absolute atomic E-state index is 12.4. The summed E-state index contributed by atoms with van der Waals surface area (Å²) >= 11 is 0. The van der Waals surface area contributed by atoms with Gasteiger partial charge in [-0.15, -0.1) is 0 Å². The number of carbonyl (C=O) groups is 1. The van der Waals surface area contributed by atoms with E-state index in [0.717, 1.165) is 43.7 Å². The largest absolute Gasteiger partial charge is 0.493 e. The fraction of sp³-hybridized carbons (Fsp3) is 0.412. The van der Waals surface area contributed by atoms with E-state index in [9.17, 15) is 4.79 Å². The summed E-state index contributed by atoms with van der Waals surface area (Å²) in [6.45, 7) is 2.25. The fourth-order valence-corrected chi connectivity index (χ4v) is 3.06. The Bertz CT molecular complexity index is 720. The molecule has 0 bridgehead atoms. The van der Waals surface area contributed by atoms with E-state index in [4.69, 9.17) is 9.47 Å². The van der Waals surface area contributed by atoms with Crippen LogP contribution in [0.4, 0.5) is 5.69 Å². The van der Waals surface area contributed by atoms with Crippen LogP contribution in [0.1, 0.15) is 28.8 Å². The average molecular weight is 313 g/mol. The summed E-state index contributed by atoms with van der Waals surface area (Å²) in [5, 5.41) is 7.18. The summed E-state index contributed by atoms with van der Waals surface area (Å²) in [7, 11) is 0. The third-order valence-corrected chi connectivity index (χ3v) is 4.26. The highest BCUT2D eigenvalue weighted by Crippen LogP contribution is 2.26. The topological polar surface area (TPSA) is 65.4 Å². The predicted molar refractivity (Wildman–Crippen MR) is 84.8 cm³/mol. The second-order valence-corrected chi connectivity index (χ2v) is 5.96. The van der Waals surface area contributed by atoms with Gasteiger partial charge in [0.15, 0.2) is 0 Å². The van der Waals surface area contributed by atoms with Crippen molar-refractivity contribution in [2.75, 3.05) is 18.5 Å². The zero-order valence-corrected chi connectivity index (χ0v) is 12.8. The van der Waals surface area contributed by atoms with Gasteiger partial charge in [-0.05, 0) is 36.6 Å². The number of rotatable bonds is 4. The SMILES string of the molecule is O=C(Nc1cnn(CC2CCCO2)c1)c1ccc2c(c1)CCO2. The van der Waals surface area contributed by atoms with Gasteiger partial charge in [0.2, 0.25) is 0 Å². The van der Waals surface area contributed by atoms with Crippen LogP contribution in [0, 0.1) is 0 Å². The quantitative estimate of drug-likeness (QED) is 0.940. The first kappa shape index (κ1) is 14.3. The normalized spacial score (nSPS) is 19.4. The van der Waals surface area contributed by atoms with Crippen LogP contribution >= 0.6 is 0 Å². The smallest absolute Gasteiger partial charge is 0.255 e. The number of fused-ring (bicyclic) bond motifs is 1. The van der Waals surface area contributed by atoms with Gasteiger partial charge in [-0.2, -0.15) is 5.10 Å². The Morgan fingerprint density at radius 2 is 2.35 bits per heavy atom. The van der Waals surface area contributed by atoms with Crippen molar-refractivity contribution in [2.24, 2.45) is 0 Å². The van der Waals surface area contributed by atoms with Crippen LogP contribution in [0.15, 0.2) is 30.6 Å². The Kier molecular flexibility index (Phi) is 3.75. The lowest BCUT2D eigenvalue weighted by Gasteiger charge is -2.08. The summed E-state index contributed by atoms with van der Waals surface area (Å²) in [6, 6.07) is 5.54. The Hall–Kier alpha value is -2.34. The van der Waals surface area contributed by atoms with Crippen molar-refractivity contribution in [3.8, 4) is 5.75 Å². The summed E-state index contributed by atoms with van der Waals surface area (Å²) in [5.41, 5.74) is 2.43. The first-order valence-corrected chi connectivity index (χ1v) is 7.99. The van der Waals surface area contributed by atoms with Crippen LogP contribution in [-0.2, 0) is 17.7 Å². The molecule has 0 radical (unpaired) electrons. The van der Waals surface area contributed by atoms with E-state index < -0.39 is 0 Å². The Morgan fingerprint density at radius 1 is 1.39 bits per heavy atom. The van der Waals surface area contributed by atoms with Crippen molar-refractivity contribution < 1.29 is 14.3 Å². The minimum absolute atomic E-state index is 0.128. The van der Waals surface area contributed by atoms with Gasteiger partial charge in [0.05, 0.1) is 31.1 Å². The van der Waals surface area contributed by atoms with Gasteiger partial charge in [0.1, 0.15) is 5.75 Å². The van der Waals surface area contributed by atoms with Crippen LogP contribution in [0.25, 0.3) is 0 Å². The molecule has 1 saturated heterocycles. The Labute approximate surface area is 134 Å². The molecule has 1 aromatic heterocycles. The Morgan fingerprint density at radius 3 is 3.22 bits per heavy atom. The maximum Gasteiger partial charge on any atom is 0.255 e. The van der Waals surface area contributed by atoms with Crippen LogP contribution in [0.5, 0.6) is 5.75 Å². The van der Waals surface area contributed by atoms with E-state index in [0.29, 0.717) is 17.9 Å². The summed E-state index contributed by atoms with van der Waals surface area (Å²) < 4.78 is 12.9. The molecule has 2 aromatic rings. The van der Waals surface area contributed by atoms with Crippen LogP contribution in [-0.4, -0.2) is 35.0 Å². The average Bonchev–Trinajstić information content (AvgIpc) is 3.28. The van der Waals surface area contributed by atoms with E-state index in [2.05, 4.69) is 10.4 Å². The van der Waals surface area contributed by atoms with Crippen molar-refractivity contribution in [3.63, 3.8) is 0 Å². The van der Waals surface area contributed by atoms with Crippen molar-refractivity contribution >= 4 is 11.6 Å². The molecule has 6 heteroatoms. The van der Waals surface area contributed by atoms with Crippen LogP contribution in [0.2, 0.25) is 0 Å². The molecule has 1 amide bonds. The lowest BCUT2D eigenvalue weighted by molar-refractivity contribution is 0.0940. The highest BCUT2D eigenvalue weighted by Gasteiger charge is 2.18. The van der Waals surface area contributed by atoms with Gasteiger partial charge in [0, 0.05) is 24.8 Å². The number of amides is 1. The fourth-order valence-electron chi connectivity index (χ4n) is 3.06. The highest BCUT2D eigenvalue weighted by molar-refractivity contribution is 6.04.